The maximum atomic E-state index is 12.8. The highest BCUT2D eigenvalue weighted by molar-refractivity contribution is 6.06. The second-order valence-corrected chi connectivity index (χ2v) is 6.88. The van der Waals surface area contributed by atoms with Crippen molar-refractivity contribution in [3.63, 3.8) is 0 Å². The van der Waals surface area contributed by atoms with Crippen molar-refractivity contribution in [1.29, 1.82) is 0 Å². The van der Waals surface area contributed by atoms with Crippen LogP contribution in [-0.4, -0.2) is 21.6 Å². The van der Waals surface area contributed by atoms with Crippen LogP contribution in [0, 0.1) is 6.92 Å². The molecule has 2 amide bonds. The Kier molecular flexibility index (Phi) is 5.05. The first-order chi connectivity index (χ1) is 14.5. The Bertz CT molecular complexity index is 1340. The van der Waals surface area contributed by atoms with Gasteiger partial charge in [-0.25, -0.2) is 4.68 Å². The number of hydrogen-bond acceptors (Lipinski definition) is 5. The lowest BCUT2D eigenvalue weighted by atomic mass is 10.1. The van der Waals surface area contributed by atoms with Crippen LogP contribution in [0.3, 0.4) is 0 Å². The Morgan fingerprint density at radius 3 is 2.30 bits per heavy atom. The highest BCUT2D eigenvalue weighted by Crippen LogP contribution is 2.24. The van der Waals surface area contributed by atoms with Crippen LogP contribution >= 0.6 is 0 Å². The lowest BCUT2D eigenvalue weighted by molar-refractivity contribution is 0.0829. The van der Waals surface area contributed by atoms with Gasteiger partial charge in [-0.3, -0.25) is 25.2 Å². The number of amides is 2. The molecule has 152 valence electrons. The van der Waals surface area contributed by atoms with Crippen LogP contribution < -0.4 is 16.4 Å². The smallest absolute Gasteiger partial charge is 0.305 e. The molecule has 30 heavy (non-hydrogen) atoms. The SMILES string of the molecule is CCCn1nc(C(=O)NNC(=O)c2oc3ccccc3c2C)c2ccccc2c1=O. The molecule has 0 fully saturated rings. The van der Waals surface area contributed by atoms with E-state index in [2.05, 4.69) is 16.0 Å². The number of fused-ring (bicyclic) bond motifs is 2. The first-order valence-electron chi connectivity index (χ1n) is 9.60. The highest BCUT2D eigenvalue weighted by Gasteiger charge is 2.20. The molecule has 8 nitrogen and oxygen atoms in total. The summed E-state index contributed by atoms with van der Waals surface area (Å²) in [4.78, 5) is 37.9. The maximum absolute atomic E-state index is 12.8. The van der Waals surface area contributed by atoms with E-state index in [9.17, 15) is 14.4 Å². The summed E-state index contributed by atoms with van der Waals surface area (Å²) in [5, 5.41) is 5.85. The second-order valence-electron chi connectivity index (χ2n) is 6.88. The van der Waals surface area contributed by atoms with Crippen LogP contribution in [-0.2, 0) is 6.54 Å². The largest absolute Gasteiger partial charge is 0.451 e. The minimum absolute atomic E-state index is 0.0558. The van der Waals surface area contributed by atoms with Crippen molar-refractivity contribution in [1.82, 2.24) is 20.6 Å². The fourth-order valence-corrected chi connectivity index (χ4v) is 3.39. The summed E-state index contributed by atoms with van der Waals surface area (Å²) in [6.45, 7) is 4.08. The maximum Gasteiger partial charge on any atom is 0.305 e. The molecule has 4 rings (SSSR count). The second kappa shape index (κ2) is 7.82. The van der Waals surface area contributed by atoms with Crippen LogP contribution in [0.5, 0.6) is 0 Å². The molecule has 4 aromatic rings. The molecule has 2 aromatic heterocycles. The molecule has 0 aliphatic rings. The Morgan fingerprint density at radius 2 is 1.60 bits per heavy atom. The van der Waals surface area contributed by atoms with Crippen LogP contribution in [0.15, 0.2) is 57.7 Å². The van der Waals surface area contributed by atoms with E-state index >= 15 is 0 Å². The number of nitrogens with zero attached hydrogens (tertiary/aromatic N) is 2. The minimum atomic E-state index is -0.627. The lowest BCUT2D eigenvalue weighted by Crippen LogP contribution is -2.43. The highest BCUT2D eigenvalue weighted by atomic mass is 16.3. The number of nitrogens with one attached hydrogen (secondary N) is 2. The number of aryl methyl sites for hydroxylation is 2. The van der Waals surface area contributed by atoms with Gasteiger partial charge in [0.25, 0.3) is 11.5 Å². The number of para-hydroxylation sites is 1. The number of carbonyl (C=O) groups excluding carboxylic acids is 2. The molecule has 0 aliphatic heterocycles. The van der Waals surface area contributed by atoms with Crippen LogP contribution in [0.2, 0.25) is 0 Å². The van der Waals surface area contributed by atoms with E-state index in [1.54, 1.807) is 37.3 Å². The van der Waals surface area contributed by atoms with E-state index in [-0.39, 0.29) is 17.0 Å². The number of rotatable bonds is 4. The van der Waals surface area contributed by atoms with E-state index in [4.69, 9.17) is 4.42 Å². The van der Waals surface area contributed by atoms with Gasteiger partial charge in [0.2, 0.25) is 0 Å². The van der Waals surface area contributed by atoms with Gasteiger partial charge in [-0.1, -0.05) is 43.3 Å². The monoisotopic (exact) mass is 404 g/mol. The summed E-state index contributed by atoms with van der Waals surface area (Å²) >= 11 is 0. The Hall–Kier alpha value is -3.94. The van der Waals surface area contributed by atoms with Crippen molar-refractivity contribution >= 4 is 33.6 Å². The first-order valence-corrected chi connectivity index (χ1v) is 9.60. The zero-order valence-corrected chi connectivity index (χ0v) is 16.6. The Morgan fingerprint density at radius 1 is 0.967 bits per heavy atom. The summed E-state index contributed by atoms with van der Waals surface area (Å²) in [5.41, 5.74) is 5.81. The predicted octanol–water partition coefficient (Wildman–Crippen LogP) is 2.94. The molecule has 0 atom stereocenters. The summed E-state index contributed by atoms with van der Waals surface area (Å²) in [5.74, 6) is -1.09. The van der Waals surface area contributed by atoms with Gasteiger partial charge in [0.05, 0.1) is 5.39 Å². The van der Waals surface area contributed by atoms with Crippen molar-refractivity contribution in [3.8, 4) is 0 Å². The van der Waals surface area contributed by atoms with Crippen molar-refractivity contribution in [2.75, 3.05) is 0 Å². The van der Waals surface area contributed by atoms with Gasteiger partial charge >= 0.3 is 5.91 Å². The standard InChI is InChI=1S/C22H20N4O4/c1-3-12-26-22(29)16-10-5-4-9-15(16)18(25-26)20(27)23-24-21(28)19-13(2)14-8-6-7-11-17(14)30-19/h4-11H,3,12H2,1-2H3,(H,23,27)(H,24,28). The number of benzene rings is 2. The summed E-state index contributed by atoms with van der Waals surface area (Å²) in [6.07, 6.45) is 0.689. The van der Waals surface area contributed by atoms with Crippen LogP contribution in [0.25, 0.3) is 21.7 Å². The van der Waals surface area contributed by atoms with Crippen molar-refractivity contribution < 1.29 is 14.0 Å². The van der Waals surface area contributed by atoms with Crippen molar-refractivity contribution in [2.45, 2.75) is 26.8 Å². The van der Waals surface area contributed by atoms with Gasteiger partial charge < -0.3 is 4.42 Å². The average Bonchev–Trinajstić information content (AvgIpc) is 3.11. The van der Waals surface area contributed by atoms with Gasteiger partial charge in [-0.05, 0) is 25.5 Å². The van der Waals surface area contributed by atoms with Gasteiger partial charge in [0.15, 0.2) is 11.5 Å². The third-order valence-electron chi connectivity index (χ3n) is 4.86. The molecule has 0 bridgehead atoms. The van der Waals surface area contributed by atoms with Gasteiger partial charge in [-0.2, -0.15) is 5.10 Å². The van der Waals surface area contributed by atoms with E-state index in [1.807, 2.05) is 25.1 Å². The molecular formula is C22H20N4O4. The van der Waals surface area contributed by atoms with Gasteiger partial charge in [0.1, 0.15) is 5.58 Å². The summed E-state index contributed by atoms with van der Waals surface area (Å²) in [7, 11) is 0. The molecule has 2 aromatic carbocycles. The van der Waals surface area contributed by atoms with Crippen LogP contribution in [0.4, 0.5) is 0 Å². The van der Waals surface area contributed by atoms with E-state index in [1.165, 1.54) is 4.68 Å². The third-order valence-corrected chi connectivity index (χ3v) is 4.86. The van der Waals surface area contributed by atoms with E-state index in [0.717, 1.165) is 5.39 Å². The number of furan rings is 1. The normalized spacial score (nSPS) is 11.0. The molecule has 0 aliphatic carbocycles. The van der Waals surface area contributed by atoms with Crippen LogP contribution in [0.1, 0.15) is 40.0 Å². The molecular weight excluding hydrogens is 384 g/mol. The number of hydrogen-bond donors (Lipinski definition) is 2. The first kappa shape index (κ1) is 19.4. The molecule has 0 radical (unpaired) electrons. The zero-order valence-electron chi connectivity index (χ0n) is 16.6. The predicted molar refractivity (Wildman–Crippen MR) is 112 cm³/mol. The van der Waals surface area contributed by atoms with Gasteiger partial charge in [-0.15, -0.1) is 0 Å². The molecule has 2 heterocycles. The molecule has 8 heteroatoms. The van der Waals surface area contributed by atoms with Crippen molar-refractivity contribution in [3.05, 3.63) is 75.9 Å². The molecule has 0 spiro atoms. The Balaban J connectivity index is 1.61. The fraction of sp³-hybridized carbons (Fsp3) is 0.182. The molecule has 0 unspecified atom stereocenters. The number of carbonyl (C=O) groups is 2. The minimum Gasteiger partial charge on any atom is -0.451 e. The Labute approximate surface area is 171 Å². The van der Waals surface area contributed by atoms with Gasteiger partial charge in [0, 0.05) is 22.9 Å². The van der Waals surface area contributed by atoms with E-state index < -0.39 is 11.8 Å². The summed E-state index contributed by atoms with van der Waals surface area (Å²) < 4.78 is 6.88. The average molecular weight is 404 g/mol. The molecule has 0 saturated heterocycles. The summed E-state index contributed by atoms with van der Waals surface area (Å²) in [6, 6.07) is 14.1. The molecule has 2 N–H and O–H groups in total. The topological polar surface area (TPSA) is 106 Å². The number of hydrazine groups is 1. The van der Waals surface area contributed by atoms with E-state index in [0.29, 0.717) is 34.9 Å². The zero-order chi connectivity index (χ0) is 21.3. The quantitative estimate of drug-likeness (QED) is 0.509. The number of aromatic nitrogens is 2. The molecule has 0 saturated carbocycles. The third kappa shape index (κ3) is 3.32. The van der Waals surface area contributed by atoms with Crippen molar-refractivity contribution in [2.24, 2.45) is 0 Å². The fourth-order valence-electron chi connectivity index (χ4n) is 3.39. The lowest BCUT2D eigenvalue weighted by Gasteiger charge is -2.11.